The first kappa shape index (κ1) is 19.7. The second kappa shape index (κ2) is 8.31. The van der Waals surface area contributed by atoms with Gasteiger partial charge in [0.25, 0.3) is 15.9 Å². The van der Waals surface area contributed by atoms with Crippen LogP contribution in [0.2, 0.25) is 5.02 Å². The highest BCUT2D eigenvalue weighted by Crippen LogP contribution is 2.24. The summed E-state index contributed by atoms with van der Waals surface area (Å²) in [6.45, 7) is 2.15. The van der Waals surface area contributed by atoms with Crippen LogP contribution >= 0.6 is 11.6 Å². The van der Waals surface area contributed by atoms with E-state index in [0.717, 1.165) is 19.3 Å². The van der Waals surface area contributed by atoms with Crippen molar-refractivity contribution >= 4 is 33.2 Å². The predicted molar refractivity (Wildman–Crippen MR) is 108 cm³/mol. The van der Waals surface area contributed by atoms with Gasteiger partial charge < -0.3 is 5.32 Å². The van der Waals surface area contributed by atoms with Gasteiger partial charge in [0, 0.05) is 22.3 Å². The molecule has 3 rings (SSSR count). The van der Waals surface area contributed by atoms with E-state index in [2.05, 4.69) is 17.0 Å². The summed E-state index contributed by atoms with van der Waals surface area (Å²) in [5.41, 5.74) is 0.880. The minimum Gasteiger partial charge on any atom is -0.349 e. The summed E-state index contributed by atoms with van der Waals surface area (Å²) in [6.07, 6.45) is 4.45. The van der Waals surface area contributed by atoms with Gasteiger partial charge in [-0.25, -0.2) is 8.42 Å². The van der Waals surface area contributed by atoms with Crippen molar-refractivity contribution in [2.75, 3.05) is 4.72 Å². The van der Waals surface area contributed by atoms with Crippen LogP contribution in [0.5, 0.6) is 0 Å². The summed E-state index contributed by atoms with van der Waals surface area (Å²) >= 11 is 5.81. The molecule has 7 heteroatoms. The van der Waals surface area contributed by atoms with Crippen LogP contribution in [0.25, 0.3) is 0 Å². The Morgan fingerprint density at radius 3 is 2.26 bits per heavy atom. The van der Waals surface area contributed by atoms with E-state index in [4.69, 9.17) is 11.6 Å². The van der Waals surface area contributed by atoms with Gasteiger partial charge in [0.2, 0.25) is 0 Å². The molecule has 144 valence electrons. The summed E-state index contributed by atoms with van der Waals surface area (Å²) in [7, 11) is -3.73. The van der Waals surface area contributed by atoms with E-state index in [0.29, 0.717) is 22.2 Å². The van der Waals surface area contributed by atoms with Gasteiger partial charge in [0.1, 0.15) is 0 Å². The minimum absolute atomic E-state index is 0.0973. The lowest BCUT2D eigenvalue weighted by Gasteiger charge is -2.29. The number of rotatable bonds is 5. The standard InChI is InChI=1S/C20H23ClN2O3S/c1-14-4-2-3-5-19(14)22-20(24)15-6-12-18(13-7-15)27(25,26)23-17-10-8-16(21)9-11-17/h6-14,19,23H,2-5H2,1H3,(H,22,24). The van der Waals surface area contributed by atoms with Crippen LogP contribution in [0.3, 0.4) is 0 Å². The lowest BCUT2D eigenvalue weighted by atomic mass is 9.86. The molecule has 1 aliphatic carbocycles. The van der Waals surface area contributed by atoms with Gasteiger partial charge >= 0.3 is 0 Å². The number of anilines is 1. The summed E-state index contributed by atoms with van der Waals surface area (Å²) in [4.78, 5) is 12.6. The zero-order chi connectivity index (χ0) is 19.4. The van der Waals surface area contributed by atoms with E-state index in [-0.39, 0.29) is 16.8 Å². The van der Waals surface area contributed by atoms with Gasteiger partial charge in [-0.05, 0) is 67.3 Å². The summed E-state index contributed by atoms with van der Waals surface area (Å²) < 4.78 is 27.5. The second-order valence-electron chi connectivity index (χ2n) is 6.98. The number of halogens is 1. The van der Waals surface area contributed by atoms with Crippen LogP contribution in [-0.4, -0.2) is 20.4 Å². The van der Waals surface area contributed by atoms with Gasteiger partial charge in [0.05, 0.1) is 4.90 Å². The molecule has 0 aliphatic heterocycles. The first-order valence-corrected chi connectivity index (χ1v) is 10.9. The van der Waals surface area contributed by atoms with E-state index in [1.807, 2.05) is 0 Å². The Morgan fingerprint density at radius 1 is 1.00 bits per heavy atom. The van der Waals surface area contributed by atoms with Crippen LogP contribution in [0.1, 0.15) is 43.0 Å². The third-order valence-electron chi connectivity index (χ3n) is 4.95. The molecule has 2 N–H and O–H groups in total. The number of sulfonamides is 1. The maximum Gasteiger partial charge on any atom is 0.261 e. The topological polar surface area (TPSA) is 75.3 Å². The quantitative estimate of drug-likeness (QED) is 0.770. The fraction of sp³-hybridized carbons (Fsp3) is 0.350. The molecule has 5 nitrogen and oxygen atoms in total. The zero-order valence-electron chi connectivity index (χ0n) is 15.1. The lowest BCUT2D eigenvalue weighted by Crippen LogP contribution is -2.41. The van der Waals surface area contributed by atoms with E-state index in [9.17, 15) is 13.2 Å². The fourth-order valence-electron chi connectivity index (χ4n) is 3.30. The van der Waals surface area contributed by atoms with Crippen molar-refractivity contribution < 1.29 is 13.2 Å². The number of hydrogen-bond acceptors (Lipinski definition) is 3. The molecule has 0 spiro atoms. The molecule has 2 unspecified atom stereocenters. The highest BCUT2D eigenvalue weighted by atomic mass is 35.5. The van der Waals surface area contributed by atoms with Crippen molar-refractivity contribution in [3.63, 3.8) is 0 Å². The Labute approximate surface area is 165 Å². The first-order valence-electron chi connectivity index (χ1n) is 9.04. The number of amides is 1. The average Bonchev–Trinajstić information content (AvgIpc) is 2.65. The van der Waals surface area contributed by atoms with Crippen molar-refractivity contribution in [3.05, 3.63) is 59.1 Å². The van der Waals surface area contributed by atoms with E-state index in [1.54, 1.807) is 36.4 Å². The maximum absolute atomic E-state index is 12.5. The van der Waals surface area contributed by atoms with Crippen LogP contribution in [0.4, 0.5) is 5.69 Å². The number of hydrogen-bond donors (Lipinski definition) is 2. The number of benzene rings is 2. The summed E-state index contributed by atoms with van der Waals surface area (Å²) in [5.74, 6) is 0.300. The third-order valence-corrected chi connectivity index (χ3v) is 6.60. The molecule has 1 aliphatic rings. The molecule has 0 saturated heterocycles. The molecule has 1 amide bonds. The zero-order valence-corrected chi connectivity index (χ0v) is 16.7. The molecule has 0 radical (unpaired) electrons. The van der Waals surface area contributed by atoms with Crippen molar-refractivity contribution in [1.29, 1.82) is 0 Å². The molecule has 0 heterocycles. The SMILES string of the molecule is CC1CCCCC1NC(=O)c1ccc(S(=O)(=O)Nc2ccc(Cl)cc2)cc1. The summed E-state index contributed by atoms with van der Waals surface area (Å²) in [6, 6.07) is 12.5. The largest absolute Gasteiger partial charge is 0.349 e. The Balaban J connectivity index is 1.68. The van der Waals surface area contributed by atoms with E-state index < -0.39 is 10.0 Å². The van der Waals surface area contributed by atoms with E-state index >= 15 is 0 Å². The molecular weight excluding hydrogens is 384 g/mol. The smallest absolute Gasteiger partial charge is 0.261 e. The third kappa shape index (κ3) is 5.02. The van der Waals surface area contributed by atoms with Crippen molar-refractivity contribution in [2.24, 2.45) is 5.92 Å². The highest BCUT2D eigenvalue weighted by molar-refractivity contribution is 7.92. The molecule has 1 fully saturated rings. The van der Waals surface area contributed by atoms with Gasteiger partial charge in [-0.1, -0.05) is 31.4 Å². The molecule has 1 saturated carbocycles. The number of nitrogens with one attached hydrogen (secondary N) is 2. The fourth-order valence-corrected chi connectivity index (χ4v) is 4.48. The molecule has 27 heavy (non-hydrogen) atoms. The molecule has 2 aromatic rings. The minimum atomic E-state index is -3.73. The first-order chi connectivity index (χ1) is 12.8. The Kier molecular flexibility index (Phi) is 6.07. The van der Waals surface area contributed by atoms with E-state index in [1.165, 1.54) is 18.6 Å². The molecule has 0 aromatic heterocycles. The predicted octanol–water partition coefficient (Wildman–Crippen LogP) is 4.45. The van der Waals surface area contributed by atoms with Gasteiger partial charge in [0.15, 0.2) is 0 Å². The number of carbonyl (C=O) groups excluding carboxylic acids is 1. The van der Waals surface area contributed by atoms with Gasteiger partial charge in [-0.2, -0.15) is 0 Å². The van der Waals surface area contributed by atoms with Crippen molar-refractivity contribution in [3.8, 4) is 0 Å². The van der Waals surface area contributed by atoms with Crippen molar-refractivity contribution in [1.82, 2.24) is 5.32 Å². The Hall–Kier alpha value is -2.05. The highest BCUT2D eigenvalue weighted by Gasteiger charge is 2.23. The molecule has 2 atom stereocenters. The van der Waals surface area contributed by atoms with Crippen LogP contribution in [0, 0.1) is 5.92 Å². The van der Waals surface area contributed by atoms with Crippen LogP contribution < -0.4 is 10.0 Å². The lowest BCUT2D eigenvalue weighted by molar-refractivity contribution is 0.0910. The van der Waals surface area contributed by atoms with Crippen molar-refractivity contribution in [2.45, 2.75) is 43.5 Å². The van der Waals surface area contributed by atoms with Crippen LogP contribution in [0.15, 0.2) is 53.4 Å². The average molecular weight is 407 g/mol. The van der Waals surface area contributed by atoms with Crippen LogP contribution in [-0.2, 0) is 10.0 Å². The van der Waals surface area contributed by atoms with Gasteiger partial charge in [-0.3, -0.25) is 9.52 Å². The van der Waals surface area contributed by atoms with Gasteiger partial charge in [-0.15, -0.1) is 0 Å². The Bertz CT molecular complexity index is 896. The maximum atomic E-state index is 12.5. The molecular formula is C20H23ClN2O3S. The number of carbonyl (C=O) groups is 1. The second-order valence-corrected chi connectivity index (χ2v) is 9.10. The normalized spacial score (nSPS) is 20.1. The summed E-state index contributed by atoms with van der Waals surface area (Å²) in [5, 5.41) is 3.60. The molecule has 0 bridgehead atoms. The monoisotopic (exact) mass is 406 g/mol. The Morgan fingerprint density at radius 2 is 1.63 bits per heavy atom. The molecule has 2 aromatic carbocycles.